The fourth-order valence-electron chi connectivity index (χ4n) is 8.32. The molecule has 2 aromatic heterocycles. The molecule has 0 aliphatic heterocycles. The molecule has 0 saturated heterocycles. The molecule has 1 aliphatic carbocycles. The summed E-state index contributed by atoms with van der Waals surface area (Å²) in [6.45, 7) is 6.48. The van der Waals surface area contributed by atoms with Crippen molar-refractivity contribution in [1.29, 1.82) is 0 Å². The van der Waals surface area contributed by atoms with Gasteiger partial charge in [-0.15, -0.1) is 0 Å². The average molecular weight is 790 g/mol. The van der Waals surface area contributed by atoms with Crippen LogP contribution in [-0.4, -0.2) is 32.2 Å². The van der Waals surface area contributed by atoms with Gasteiger partial charge in [0.1, 0.15) is 12.1 Å². The standard InChI is InChI=1S/C52H47N5O3/c1-38-45(36-58-33-39-20-8-2-9-21-39)47(59-34-40-22-10-3-11-23-40)32-46(38)57-37-53-48-49(57)54-51(55-50(48)60-35-41-24-12-4-13-25-41)56-52(42-26-14-5-15-27-42,43-28-16-6-17-29-43)44-30-18-7-19-31-44/h2-31,37,45-47H,1,32-36H2,(H,54,55,56)/t45-,46-,47-/m1/s1. The van der Waals surface area contributed by atoms with E-state index in [0.717, 1.165) is 39.0 Å². The van der Waals surface area contributed by atoms with Crippen LogP contribution in [0.2, 0.25) is 0 Å². The van der Waals surface area contributed by atoms with Crippen LogP contribution in [0.4, 0.5) is 5.95 Å². The summed E-state index contributed by atoms with van der Waals surface area (Å²) in [6.07, 6.45) is 2.37. The number of fused-ring (bicyclic) bond motifs is 1. The number of nitrogens with one attached hydrogen (secondary N) is 1. The number of nitrogens with zero attached hydrogens (tertiary/aromatic N) is 4. The second kappa shape index (κ2) is 18.0. The lowest BCUT2D eigenvalue weighted by molar-refractivity contribution is -0.0122. The molecule has 3 atom stereocenters. The first-order chi connectivity index (χ1) is 29.7. The van der Waals surface area contributed by atoms with E-state index in [-0.39, 0.29) is 18.1 Å². The summed E-state index contributed by atoms with van der Waals surface area (Å²) in [7, 11) is 0. The minimum absolute atomic E-state index is 0.0602. The molecule has 0 radical (unpaired) electrons. The zero-order valence-corrected chi connectivity index (χ0v) is 33.4. The SMILES string of the molecule is C=C1[C@@H](COCc2ccccc2)[C@H](OCc2ccccc2)C[C@H]1n1cnc2c(OCc3ccccc3)nc(NC(c3ccccc3)(c3ccccc3)c3ccccc3)nc21. The molecule has 8 nitrogen and oxygen atoms in total. The summed E-state index contributed by atoms with van der Waals surface area (Å²) >= 11 is 0. The van der Waals surface area contributed by atoms with Crippen LogP contribution in [0.15, 0.2) is 200 Å². The van der Waals surface area contributed by atoms with Crippen molar-refractivity contribution in [3.05, 3.63) is 234 Å². The van der Waals surface area contributed by atoms with Crippen LogP contribution in [0, 0.1) is 5.92 Å². The minimum atomic E-state index is -0.868. The lowest BCUT2D eigenvalue weighted by Gasteiger charge is -2.37. The van der Waals surface area contributed by atoms with Crippen LogP contribution in [0.25, 0.3) is 11.2 Å². The summed E-state index contributed by atoms with van der Waals surface area (Å²) in [5.41, 5.74) is 7.71. The zero-order valence-electron chi connectivity index (χ0n) is 33.4. The first kappa shape index (κ1) is 38.6. The Morgan fingerprint density at radius 1 is 0.600 bits per heavy atom. The first-order valence-electron chi connectivity index (χ1n) is 20.5. The van der Waals surface area contributed by atoms with Gasteiger partial charge < -0.3 is 24.1 Å². The van der Waals surface area contributed by atoms with Crippen molar-refractivity contribution in [3.63, 3.8) is 0 Å². The summed E-state index contributed by atoms with van der Waals surface area (Å²) in [4.78, 5) is 15.4. The molecule has 298 valence electrons. The molecule has 0 bridgehead atoms. The lowest BCUT2D eigenvalue weighted by Crippen LogP contribution is -2.38. The van der Waals surface area contributed by atoms with Gasteiger partial charge in [0.25, 0.3) is 0 Å². The highest BCUT2D eigenvalue weighted by molar-refractivity contribution is 5.78. The van der Waals surface area contributed by atoms with Crippen LogP contribution >= 0.6 is 0 Å². The number of anilines is 1. The van der Waals surface area contributed by atoms with E-state index >= 15 is 0 Å². The molecule has 8 aromatic rings. The van der Waals surface area contributed by atoms with Crippen molar-refractivity contribution < 1.29 is 14.2 Å². The van der Waals surface area contributed by atoms with E-state index < -0.39 is 5.54 Å². The van der Waals surface area contributed by atoms with Crippen molar-refractivity contribution in [2.45, 2.75) is 43.9 Å². The van der Waals surface area contributed by atoms with Gasteiger partial charge in [0, 0.05) is 5.92 Å². The van der Waals surface area contributed by atoms with Gasteiger partial charge >= 0.3 is 0 Å². The molecule has 6 aromatic carbocycles. The van der Waals surface area contributed by atoms with Crippen LogP contribution in [0.3, 0.4) is 0 Å². The van der Waals surface area contributed by atoms with Gasteiger partial charge in [-0.3, -0.25) is 0 Å². The molecule has 1 fully saturated rings. The van der Waals surface area contributed by atoms with Crippen LogP contribution < -0.4 is 10.1 Å². The van der Waals surface area contributed by atoms with E-state index in [1.807, 2.05) is 91.3 Å². The maximum atomic E-state index is 6.72. The highest BCUT2D eigenvalue weighted by Crippen LogP contribution is 2.44. The van der Waals surface area contributed by atoms with E-state index in [9.17, 15) is 0 Å². The third kappa shape index (κ3) is 8.21. The number of imidazole rings is 1. The molecular formula is C52H47N5O3. The average Bonchev–Trinajstić information content (AvgIpc) is 3.88. The number of ether oxygens (including phenoxy) is 3. The Morgan fingerprint density at radius 2 is 1.08 bits per heavy atom. The molecule has 1 aliphatic rings. The van der Waals surface area contributed by atoms with Crippen molar-refractivity contribution in [3.8, 4) is 5.88 Å². The third-order valence-corrected chi connectivity index (χ3v) is 11.4. The summed E-state index contributed by atoms with van der Waals surface area (Å²) in [5.74, 6) is 0.721. The van der Waals surface area contributed by atoms with Crippen molar-refractivity contribution in [1.82, 2.24) is 19.5 Å². The Morgan fingerprint density at radius 3 is 1.62 bits per heavy atom. The Labute approximate surface area is 351 Å². The number of aromatic nitrogens is 4. The maximum absolute atomic E-state index is 6.72. The third-order valence-electron chi connectivity index (χ3n) is 11.4. The Balaban J connectivity index is 1.12. The molecule has 0 unspecified atom stereocenters. The zero-order chi connectivity index (χ0) is 40.6. The smallest absolute Gasteiger partial charge is 0.247 e. The summed E-state index contributed by atoms with van der Waals surface area (Å²) in [6, 6.07) is 61.8. The fourth-order valence-corrected chi connectivity index (χ4v) is 8.32. The van der Waals surface area contributed by atoms with Crippen molar-refractivity contribution >= 4 is 17.1 Å². The maximum Gasteiger partial charge on any atom is 0.247 e. The molecule has 0 amide bonds. The largest absolute Gasteiger partial charge is 0.471 e. The monoisotopic (exact) mass is 789 g/mol. The van der Waals surface area contributed by atoms with E-state index in [1.165, 1.54) is 0 Å². The molecule has 0 spiro atoms. The quantitative estimate of drug-likeness (QED) is 0.0771. The van der Waals surface area contributed by atoms with E-state index in [4.69, 9.17) is 35.7 Å². The highest BCUT2D eigenvalue weighted by atomic mass is 16.5. The summed E-state index contributed by atoms with van der Waals surface area (Å²) in [5, 5.41) is 3.88. The second-order valence-corrected chi connectivity index (χ2v) is 15.2. The van der Waals surface area contributed by atoms with Gasteiger partial charge in [-0.25, -0.2) is 4.98 Å². The van der Waals surface area contributed by atoms with Crippen LogP contribution in [0.1, 0.15) is 45.8 Å². The highest BCUT2D eigenvalue weighted by Gasteiger charge is 2.41. The van der Waals surface area contributed by atoms with Gasteiger partial charge in [0.15, 0.2) is 11.2 Å². The predicted molar refractivity (Wildman–Crippen MR) is 236 cm³/mol. The van der Waals surface area contributed by atoms with Gasteiger partial charge in [-0.2, -0.15) is 9.97 Å². The number of benzene rings is 6. The Hall–Kier alpha value is -6.87. The molecule has 1 saturated carbocycles. The topological polar surface area (TPSA) is 83.3 Å². The predicted octanol–water partition coefficient (Wildman–Crippen LogP) is 10.7. The lowest BCUT2D eigenvalue weighted by atomic mass is 9.77. The van der Waals surface area contributed by atoms with Crippen molar-refractivity contribution in [2.24, 2.45) is 5.92 Å². The molecule has 1 N–H and O–H groups in total. The number of rotatable bonds is 16. The van der Waals surface area contributed by atoms with Crippen LogP contribution in [-0.2, 0) is 34.8 Å². The first-order valence-corrected chi connectivity index (χ1v) is 20.5. The van der Waals surface area contributed by atoms with E-state index in [1.54, 1.807) is 0 Å². The number of hydrogen-bond donors (Lipinski definition) is 1. The van der Waals surface area contributed by atoms with Gasteiger partial charge in [-0.05, 0) is 45.4 Å². The number of hydrogen-bond acceptors (Lipinski definition) is 7. The minimum Gasteiger partial charge on any atom is -0.471 e. The van der Waals surface area contributed by atoms with Gasteiger partial charge in [-0.1, -0.05) is 189 Å². The van der Waals surface area contributed by atoms with E-state index in [2.05, 4.69) is 107 Å². The fraction of sp³-hybridized carbons (Fsp3) is 0.173. The van der Waals surface area contributed by atoms with Crippen molar-refractivity contribution in [2.75, 3.05) is 11.9 Å². The molecule has 2 heterocycles. The molecule has 9 rings (SSSR count). The van der Waals surface area contributed by atoms with Crippen LogP contribution in [0.5, 0.6) is 5.88 Å². The second-order valence-electron chi connectivity index (χ2n) is 15.2. The van der Waals surface area contributed by atoms with Gasteiger partial charge in [0.05, 0.1) is 38.3 Å². The molecule has 60 heavy (non-hydrogen) atoms. The van der Waals surface area contributed by atoms with E-state index in [0.29, 0.717) is 55.8 Å². The summed E-state index contributed by atoms with van der Waals surface area (Å²) < 4.78 is 21.8. The normalized spacial score (nSPS) is 16.5. The Kier molecular flexibility index (Phi) is 11.6. The van der Waals surface area contributed by atoms with Gasteiger partial charge in [0.2, 0.25) is 11.8 Å². The molecular weight excluding hydrogens is 743 g/mol. The Bertz CT molecular complexity index is 2510. The molecule has 8 heteroatoms.